The van der Waals surface area contributed by atoms with Crippen LogP contribution in [0.1, 0.15) is 19.3 Å². The van der Waals surface area contributed by atoms with E-state index in [4.69, 9.17) is 0 Å². The second kappa shape index (κ2) is 7.90. The number of amides is 1. The van der Waals surface area contributed by atoms with Crippen LogP contribution in [0.4, 0.5) is 5.69 Å². The van der Waals surface area contributed by atoms with Gasteiger partial charge in [-0.1, -0.05) is 18.2 Å². The molecule has 1 aliphatic rings. The summed E-state index contributed by atoms with van der Waals surface area (Å²) < 4.78 is 0. The molecule has 2 rings (SSSR count). The number of likely N-dealkylation sites (tertiary alicyclic amines) is 1. The predicted molar refractivity (Wildman–Crippen MR) is 82.8 cm³/mol. The summed E-state index contributed by atoms with van der Waals surface area (Å²) in [5, 5.41) is 6.38. The minimum absolute atomic E-state index is 0.209. The molecule has 0 bridgehead atoms. The highest BCUT2D eigenvalue weighted by molar-refractivity contribution is 5.80. The Balaban J connectivity index is 1.69. The van der Waals surface area contributed by atoms with Crippen LogP contribution in [0, 0.1) is 5.92 Å². The number of para-hydroxylation sites is 1. The van der Waals surface area contributed by atoms with Gasteiger partial charge in [0.05, 0.1) is 6.54 Å². The van der Waals surface area contributed by atoms with Crippen LogP contribution >= 0.6 is 0 Å². The van der Waals surface area contributed by atoms with Gasteiger partial charge in [0.1, 0.15) is 0 Å². The number of nitrogens with zero attached hydrogens (tertiary/aromatic N) is 1. The third-order valence-corrected chi connectivity index (χ3v) is 3.99. The number of carbonyl (C=O) groups excluding carboxylic acids is 1. The second-order valence-electron chi connectivity index (χ2n) is 5.44. The van der Waals surface area contributed by atoms with Crippen molar-refractivity contribution in [3.63, 3.8) is 0 Å². The first kappa shape index (κ1) is 14.9. The lowest BCUT2D eigenvalue weighted by atomic mass is 9.93. The van der Waals surface area contributed by atoms with Crippen molar-refractivity contribution in [1.82, 2.24) is 10.2 Å². The van der Waals surface area contributed by atoms with Crippen molar-refractivity contribution in [2.45, 2.75) is 19.3 Å². The predicted octanol–water partition coefficient (Wildman–Crippen LogP) is 1.95. The molecule has 1 aromatic carbocycles. The van der Waals surface area contributed by atoms with Crippen LogP contribution in [-0.4, -0.2) is 44.0 Å². The van der Waals surface area contributed by atoms with Gasteiger partial charge in [-0.2, -0.15) is 0 Å². The van der Waals surface area contributed by atoms with Gasteiger partial charge in [-0.15, -0.1) is 0 Å². The first-order chi connectivity index (χ1) is 9.79. The quantitative estimate of drug-likeness (QED) is 0.834. The largest absolute Gasteiger partial charge is 0.376 e. The van der Waals surface area contributed by atoms with Crippen molar-refractivity contribution in [2.75, 3.05) is 38.5 Å². The Morgan fingerprint density at radius 3 is 2.60 bits per heavy atom. The molecule has 1 aliphatic heterocycles. The van der Waals surface area contributed by atoms with Gasteiger partial charge in [0, 0.05) is 18.8 Å². The number of piperidine rings is 1. The maximum Gasteiger partial charge on any atom is 0.241 e. The molecule has 0 aromatic heterocycles. The van der Waals surface area contributed by atoms with Crippen molar-refractivity contribution in [1.29, 1.82) is 0 Å². The van der Waals surface area contributed by atoms with E-state index < -0.39 is 0 Å². The zero-order chi connectivity index (χ0) is 14.2. The summed E-state index contributed by atoms with van der Waals surface area (Å²) >= 11 is 0. The molecular formula is C16H25N3O. The highest BCUT2D eigenvalue weighted by atomic mass is 16.2. The summed E-state index contributed by atoms with van der Waals surface area (Å²) in [7, 11) is 1.99. The van der Waals surface area contributed by atoms with Crippen molar-refractivity contribution in [2.24, 2.45) is 5.92 Å². The van der Waals surface area contributed by atoms with Crippen molar-refractivity contribution < 1.29 is 4.79 Å². The molecule has 0 aliphatic carbocycles. The van der Waals surface area contributed by atoms with E-state index in [0.29, 0.717) is 6.54 Å². The molecule has 1 saturated heterocycles. The van der Waals surface area contributed by atoms with Crippen LogP contribution < -0.4 is 10.6 Å². The second-order valence-corrected chi connectivity index (χ2v) is 5.44. The zero-order valence-corrected chi connectivity index (χ0v) is 12.3. The molecule has 1 fully saturated rings. The van der Waals surface area contributed by atoms with Crippen molar-refractivity contribution in [3.8, 4) is 0 Å². The van der Waals surface area contributed by atoms with E-state index in [1.165, 1.54) is 6.42 Å². The van der Waals surface area contributed by atoms with Crippen LogP contribution in [0.15, 0.2) is 30.3 Å². The van der Waals surface area contributed by atoms with Gasteiger partial charge in [0.15, 0.2) is 0 Å². The SMILES string of the molecule is CNCCC1CCN(C(=O)CNc2ccccc2)CC1. The highest BCUT2D eigenvalue weighted by Crippen LogP contribution is 2.20. The first-order valence-corrected chi connectivity index (χ1v) is 7.51. The van der Waals surface area contributed by atoms with Gasteiger partial charge < -0.3 is 15.5 Å². The molecule has 0 saturated carbocycles. The highest BCUT2D eigenvalue weighted by Gasteiger charge is 2.21. The minimum atomic E-state index is 0.209. The Morgan fingerprint density at radius 2 is 1.95 bits per heavy atom. The van der Waals surface area contributed by atoms with Crippen LogP contribution in [0.2, 0.25) is 0 Å². The number of carbonyl (C=O) groups is 1. The molecule has 2 N–H and O–H groups in total. The number of anilines is 1. The van der Waals surface area contributed by atoms with Gasteiger partial charge in [-0.3, -0.25) is 4.79 Å². The Morgan fingerprint density at radius 1 is 1.25 bits per heavy atom. The Kier molecular flexibility index (Phi) is 5.87. The molecule has 0 radical (unpaired) electrons. The van der Waals surface area contributed by atoms with E-state index in [1.807, 2.05) is 42.3 Å². The first-order valence-electron chi connectivity index (χ1n) is 7.51. The lowest BCUT2D eigenvalue weighted by Crippen LogP contribution is -2.41. The number of nitrogens with one attached hydrogen (secondary N) is 2. The molecule has 1 amide bonds. The molecule has 0 atom stereocenters. The maximum absolute atomic E-state index is 12.1. The molecule has 0 spiro atoms. The topological polar surface area (TPSA) is 44.4 Å². The van der Waals surface area contributed by atoms with Gasteiger partial charge in [-0.25, -0.2) is 0 Å². The third-order valence-electron chi connectivity index (χ3n) is 3.99. The van der Waals surface area contributed by atoms with Crippen LogP contribution in [0.3, 0.4) is 0 Å². The molecular weight excluding hydrogens is 250 g/mol. The van der Waals surface area contributed by atoms with Crippen LogP contribution in [0.5, 0.6) is 0 Å². The minimum Gasteiger partial charge on any atom is -0.376 e. The van der Waals surface area contributed by atoms with E-state index in [0.717, 1.165) is 44.1 Å². The van der Waals surface area contributed by atoms with Crippen molar-refractivity contribution >= 4 is 11.6 Å². The van der Waals surface area contributed by atoms with Crippen molar-refractivity contribution in [3.05, 3.63) is 30.3 Å². The molecule has 20 heavy (non-hydrogen) atoms. The fourth-order valence-electron chi connectivity index (χ4n) is 2.66. The summed E-state index contributed by atoms with van der Waals surface area (Å²) in [4.78, 5) is 14.1. The summed E-state index contributed by atoms with van der Waals surface area (Å²) in [6, 6.07) is 9.89. The summed E-state index contributed by atoms with van der Waals surface area (Å²) in [5.41, 5.74) is 1.00. The Bertz CT molecular complexity index is 399. The molecule has 0 unspecified atom stereocenters. The van der Waals surface area contributed by atoms with E-state index in [9.17, 15) is 4.79 Å². The van der Waals surface area contributed by atoms with Gasteiger partial charge in [-0.05, 0) is 50.9 Å². The lowest BCUT2D eigenvalue weighted by molar-refractivity contribution is -0.130. The number of hydrogen-bond donors (Lipinski definition) is 2. The van der Waals surface area contributed by atoms with E-state index in [1.54, 1.807) is 0 Å². The summed E-state index contributed by atoms with van der Waals surface area (Å²) in [5.74, 6) is 0.981. The molecule has 4 heteroatoms. The number of benzene rings is 1. The van der Waals surface area contributed by atoms with Crippen LogP contribution in [0.25, 0.3) is 0 Å². The van der Waals surface area contributed by atoms with Gasteiger partial charge in [0.2, 0.25) is 5.91 Å². The zero-order valence-electron chi connectivity index (χ0n) is 12.3. The smallest absolute Gasteiger partial charge is 0.241 e. The fourth-order valence-corrected chi connectivity index (χ4v) is 2.66. The van der Waals surface area contributed by atoms with E-state index in [-0.39, 0.29) is 5.91 Å². The molecule has 1 aromatic rings. The average Bonchev–Trinajstić information content (AvgIpc) is 2.52. The monoisotopic (exact) mass is 275 g/mol. The van der Waals surface area contributed by atoms with Gasteiger partial charge >= 0.3 is 0 Å². The lowest BCUT2D eigenvalue weighted by Gasteiger charge is -2.32. The Labute approximate surface area is 121 Å². The summed E-state index contributed by atoms with van der Waals surface area (Å²) in [6.45, 7) is 3.28. The van der Waals surface area contributed by atoms with Gasteiger partial charge in [0.25, 0.3) is 0 Å². The molecule has 110 valence electrons. The number of hydrogen-bond acceptors (Lipinski definition) is 3. The number of rotatable bonds is 6. The average molecular weight is 275 g/mol. The van der Waals surface area contributed by atoms with E-state index in [2.05, 4.69) is 10.6 Å². The van der Waals surface area contributed by atoms with E-state index >= 15 is 0 Å². The normalized spacial score (nSPS) is 16.1. The maximum atomic E-state index is 12.1. The Hall–Kier alpha value is -1.55. The standard InChI is InChI=1S/C16H25N3O/c1-17-10-7-14-8-11-19(12-9-14)16(20)13-18-15-5-3-2-4-6-15/h2-6,14,17-18H,7-13H2,1H3. The fraction of sp³-hybridized carbons (Fsp3) is 0.562. The molecule has 1 heterocycles. The third kappa shape index (κ3) is 4.53. The van der Waals surface area contributed by atoms with Crippen LogP contribution in [-0.2, 0) is 4.79 Å². The molecule has 4 nitrogen and oxygen atoms in total. The summed E-state index contributed by atoms with van der Waals surface area (Å²) in [6.07, 6.45) is 3.50.